The standard InChI is InChI=1S/C25H29BrN4O4/c1-3-33-24(31)15-30(14-17-7-8-17)9-10-34-23-12-20-21(13-22(23)32-2)27-16-28-25(20)29-19-6-4-5-18(26)11-19/h4-6,11-13,16-17H,3,7-10,14-15H2,1-2H3,(H,27,28,29). The molecule has 1 aliphatic rings. The van der Waals surface area contributed by atoms with Crippen LogP contribution in [0, 0.1) is 5.92 Å². The van der Waals surface area contributed by atoms with E-state index in [1.165, 1.54) is 19.2 Å². The molecular formula is C25H29BrN4O4. The number of fused-ring (bicyclic) bond motifs is 1. The first-order chi connectivity index (χ1) is 16.6. The average Bonchev–Trinajstić information content (AvgIpc) is 3.63. The first-order valence-corrected chi connectivity index (χ1v) is 12.2. The van der Waals surface area contributed by atoms with Crippen molar-refractivity contribution in [3.05, 3.63) is 47.2 Å². The van der Waals surface area contributed by atoms with Crippen molar-refractivity contribution in [3.8, 4) is 11.5 Å². The van der Waals surface area contributed by atoms with Crippen LogP contribution >= 0.6 is 15.9 Å². The first-order valence-electron chi connectivity index (χ1n) is 11.4. The molecule has 1 aliphatic carbocycles. The number of nitrogens with zero attached hydrogens (tertiary/aromatic N) is 3. The van der Waals surface area contributed by atoms with Crippen molar-refractivity contribution in [1.82, 2.24) is 14.9 Å². The second-order valence-corrected chi connectivity index (χ2v) is 9.13. The summed E-state index contributed by atoms with van der Waals surface area (Å²) in [4.78, 5) is 22.9. The van der Waals surface area contributed by atoms with Gasteiger partial charge in [-0.15, -0.1) is 0 Å². The van der Waals surface area contributed by atoms with Crippen molar-refractivity contribution in [2.45, 2.75) is 19.8 Å². The van der Waals surface area contributed by atoms with Crippen molar-refractivity contribution >= 4 is 44.3 Å². The fourth-order valence-electron chi connectivity index (χ4n) is 3.71. The quantitative estimate of drug-likeness (QED) is 0.335. The molecule has 0 aliphatic heterocycles. The van der Waals surface area contributed by atoms with Gasteiger partial charge < -0.3 is 19.5 Å². The van der Waals surface area contributed by atoms with E-state index in [9.17, 15) is 4.79 Å². The number of esters is 1. The maximum absolute atomic E-state index is 12.0. The van der Waals surface area contributed by atoms with Crippen LogP contribution in [0.1, 0.15) is 19.8 Å². The molecule has 1 heterocycles. The van der Waals surface area contributed by atoms with Crippen LogP contribution in [-0.4, -0.2) is 60.8 Å². The molecule has 0 radical (unpaired) electrons. The minimum atomic E-state index is -0.202. The second kappa shape index (κ2) is 11.5. The van der Waals surface area contributed by atoms with Gasteiger partial charge >= 0.3 is 5.97 Å². The highest BCUT2D eigenvalue weighted by Gasteiger charge is 2.25. The number of nitrogens with one attached hydrogen (secondary N) is 1. The van der Waals surface area contributed by atoms with Gasteiger partial charge in [0, 0.05) is 34.7 Å². The van der Waals surface area contributed by atoms with E-state index in [1.54, 1.807) is 7.11 Å². The van der Waals surface area contributed by atoms with E-state index in [2.05, 4.69) is 36.1 Å². The second-order valence-electron chi connectivity index (χ2n) is 8.21. The lowest BCUT2D eigenvalue weighted by Gasteiger charge is -2.21. The predicted molar refractivity (Wildman–Crippen MR) is 135 cm³/mol. The summed E-state index contributed by atoms with van der Waals surface area (Å²) in [5.41, 5.74) is 1.65. The number of methoxy groups -OCH3 is 1. The molecule has 180 valence electrons. The maximum atomic E-state index is 12.0. The monoisotopic (exact) mass is 528 g/mol. The van der Waals surface area contributed by atoms with Crippen LogP contribution in [-0.2, 0) is 9.53 Å². The number of benzene rings is 2. The zero-order chi connectivity index (χ0) is 23.9. The van der Waals surface area contributed by atoms with Crippen molar-refractivity contribution < 1.29 is 19.0 Å². The topological polar surface area (TPSA) is 85.8 Å². The van der Waals surface area contributed by atoms with E-state index < -0.39 is 0 Å². The maximum Gasteiger partial charge on any atom is 0.320 e. The van der Waals surface area contributed by atoms with Crippen molar-refractivity contribution in [2.24, 2.45) is 5.92 Å². The summed E-state index contributed by atoms with van der Waals surface area (Å²) in [5.74, 6) is 2.33. The molecule has 1 N–H and O–H groups in total. The fourth-order valence-corrected chi connectivity index (χ4v) is 4.11. The van der Waals surface area contributed by atoms with E-state index >= 15 is 0 Å². The van der Waals surface area contributed by atoms with Crippen LogP contribution in [0.15, 0.2) is 47.2 Å². The molecule has 2 aromatic carbocycles. The van der Waals surface area contributed by atoms with E-state index in [0.29, 0.717) is 43.0 Å². The van der Waals surface area contributed by atoms with E-state index in [4.69, 9.17) is 14.2 Å². The van der Waals surface area contributed by atoms with Crippen molar-refractivity contribution in [1.29, 1.82) is 0 Å². The van der Waals surface area contributed by atoms with Crippen molar-refractivity contribution in [2.75, 3.05) is 45.3 Å². The molecular weight excluding hydrogens is 500 g/mol. The highest BCUT2D eigenvalue weighted by molar-refractivity contribution is 9.10. The molecule has 9 heteroatoms. The lowest BCUT2D eigenvalue weighted by Crippen LogP contribution is -2.36. The molecule has 3 aromatic rings. The smallest absolute Gasteiger partial charge is 0.320 e. The largest absolute Gasteiger partial charge is 0.493 e. The number of anilines is 2. The minimum absolute atomic E-state index is 0.202. The normalized spacial score (nSPS) is 13.2. The molecule has 0 amide bonds. The molecule has 34 heavy (non-hydrogen) atoms. The van der Waals surface area contributed by atoms with Gasteiger partial charge in [-0.3, -0.25) is 9.69 Å². The Morgan fingerprint density at radius 3 is 2.79 bits per heavy atom. The van der Waals surface area contributed by atoms with Gasteiger partial charge in [0.15, 0.2) is 11.5 Å². The Hall–Kier alpha value is -2.91. The van der Waals surface area contributed by atoms with Gasteiger partial charge in [0.1, 0.15) is 18.8 Å². The SMILES string of the molecule is CCOC(=O)CN(CCOc1cc2c(Nc3cccc(Br)c3)ncnc2cc1OC)CC1CC1. The lowest BCUT2D eigenvalue weighted by atomic mass is 10.2. The summed E-state index contributed by atoms with van der Waals surface area (Å²) < 4.78 is 17.8. The van der Waals surface area contributed by atoms with Crippen LogP contribution in [0.5, 0.6) is 11.5 Å². The number of carbonyl (C=O) groups is 1. The van der Waals surface area contributed by atoms with Gasteiger partial charge in [-0.1, -0.05) is 22.0 Å². The van der Waals surface area contributed by atoms with Gasteiger partial charge in [-0.05, 0) is 49.9 Å². The van der Waals surface area contributed by atoms with Crippen LogP contribution < -0.4 is 14.8 Å². The number of hydrogen-bond donors (Lipinski definition) is 1. The van der Waals surface area contributed by atoms with E-state index in [-0.39, 0.29) is 12.5 Å². The minimum Gasteiger partial charge on any atom is -0.493 e. The molecule has 0 unspecified atom stereocenters. The number of halogens is 1. The first kappa shape index (κ1) is 24.2. The molecule has 8 nitrogen and oxygen atoms in total. The van der Waals surface area contributed by atoms with Gasteiger partial charge in [-0.2, -0.15) is 0 Å². The third-order valence-electron chi connectivity index (χ3n) is 5.54. The van der Waals surface area contributed by atoms with Crippen molar-refractivity contribution in [3.63, 3.8) is 0 Å². The lowest BCUT2D eigenvalue weighted by molar-refractivity contribution is -0.144. The summed E-state index contributed by atoms with van der Waals surface area (Å²) in [5, 5.41) is 4.17. The molecule has 1 fully saturated rings. The third kappa shape index (κ3) is 6.57. The summed E-state index contributed by atoms with van der Waals surface area (Å²) in [6.07, 6.45) is 3.95. The Labute approximate surface area is 207 Å². The third-order valence-corrected chi connectivity index (χ3v) is 6.04. The molecule has 0 saturated heterocycles. The van der Waals surface area contributed by atoms with Gasteiger partial charge in [-0.25, -0.2) is 9.97 Å². The van der Waals surface area contributed by atoms with E-state index in [1.807, 2.05) is 43.3 Å². The van der Waals surface area contributed by atoms with Gasteiger partial charge in [0.25, 0.3) is 0 Å². The van der Waals surface area contributed by atoms with Gasteiger partial charge in [0.2, 0.25) is 0 Å². The number of ether oxygens (including phenoxy) is 3. The number of aromatic nitrogens is 2. The molecule has 0 bridgehead atoms. The van der Waals surface area contributed by atoms with Crippen LogP contribution in [0.25, 0.3) is 10.9 Å². The van der Waals surface area contributed by atoms with Crippen LogP contribution in [0.4, 0.5) is 11.5 Å². The zero-order valence-corrected chi connectivity index (χ0v) is 21.0. The van der Waals surface area contributed by atoms with E-state index in [0.717, 1.165) is 27.6 Å². The Kier molecular flexibility index (Phi) is 8.18. The highest BCUT2D eigenvalue weighted by atomic mass is 79.9. The van der Waals surface area contributed by atoms with Crippen LogP contribution in [0.3, 0.4) is 0 Å². The van der Waals surface area contributed by atoms with Gasteiger partial charge in [0.05, 0.1) is 25.8 Å². The number of carbonyl (C=O) groups excluding carboxylic acids is 1. The number of rotatable bonds is 12. The molecule has 0 spiro atoms. The molecule has 4 rings (SSSR count). The summed E-state index contributed by atoms with van der Waals surface area (Å²) in [6.45, 7) is 4.39. The molecule has 0 atom stereocenters. The summed E-state index contributed by atoms with van der Waals surface area (Å²) >= 11 is 3.50. The van der Waals surface area contributed by atoms with Crippen LogP contribution in [0.2, 0.25) is 0 Å². The number of hydrogen-bond acceptors (Lipinski definition) is 8. The Morgan fingerprint density at radius 2 is 2.06 bits per heavy atom. The Balaban J connectivity index is 1.49. The summed E-state index contributed by atoms with van der Waals surface area (Å²) in [6, 6.07) is 11.6. The molecule has 1 saturated carbocycles. The zero-order valence-electron chi connectivity index (χ0n) is 19.4. The fraction of sp³-hybridized carbons (Fsp3) is 0.400. The Morgan fingerprint density at radius 1 is 1.21 bits per heavy atom. The summed E-state index contributed by atoms with van der Waals surface area (Å²) in [7, 11) is 1.61. The average molecular weight is 529 g/mol. The highest BCUT2D eigenvalue weighted by Crippen LogP contribution is 2.35. The molecule has 1 aromatic heterocycles. The predicted octanol–water partition coefficient (Wildman–Crippen LogP) is 4.80. The Bertz CT molecular complexity index is 1140.